The molecule has 0 fully saturated rings. The van der Waals surface area contributed by atoms with Crippen molar-refractivity contribution < 1.29 is 19.4 Å². The van der Waals surface area contributed by atoms with Crippen molar-refractivity contribution in [3.05, 3.63) is 76.0 Å². The zero-order valence-electron chi connectivity index (χ0n) is 23.5. The molecule has 1 N–H and O–H groups in total. The van der Waals surface area contributed by atoms with Gasteiger partial charge in [0.2, 0.25) is 5.78 Å². The first-order valence-corrected chi connectivity index (χ1v) is 14.8. The van der Waals surface area contributed by atoms with Crippen LogP contribution in [0.1, 0.15) is 60.6 Å². The van der Waals surface area contributed by atoms with Gasteiger partial charge in [0.1, 0.15) is 5.75 Å². The molecule has 0 aliphatic carbocycles. The van der Waals surface area contributed by atoms with Gasteiger partial charge in [0.05, 0.1) is 34.1 Å². The fourth-order valence-electron chi connectivity index (χ4n) is 5.46. The Bertz CT molecular complexity index is 1580. The van der Waals surface area contributed by atoms with E-state index >= 15 is 0 Å². The number of carbonyl (C=O) groups is 2. The van der Waals surface area contributed by atoms with Crippen molar-refractivity contribution in [1.82, 2.24) is 19.2 Å². The van der Waals surface area contributed by atoms with E-state index in [1.165, 1.54) is 11.3 Å². The largest absolute Gasteiger partial charge is 0.503 e. The highest BCUT2D eigenvalue weighted by molar-refractivity contribution is 7.19. The lowest BCUT2D eigenvalue weighted by molar-refractivity contribution is -0.129. The fourth-order valence-corrected chi connectivity index (χ4v) is 6.55. The second-order valence-corrected chi connectivity index (χ2v) is 11.0. The molecule has 0 saturated heterocycles. The highest BCUT2D eigenvalue weighted by Gasteiger charge is 2.44. The number of aliphatic hydroxyl groups excluding tert-OH is 1. The molecule has 2 aromatic heterocycles. The number of aliphatic hydroxyl groups is 1. The van der Waals surface area contributed by atoms with Crippen LogP contribution in [0.2, 0.25) is 0 Å². The van der Waals surface area contributed by atoms with Crippen LogP contribution in [0, 0.1) is 6.92 Å². The summed E-state index contributed by atoms with van der Waals surface area (Å²) in [6, 6.07) is 14.6. The second kappa shape index (κ2) is 11.8. The molecule has 1 unspecified atom stereocenters. The molecule has 3 heterocycles. The standard InChI is InChI=1S/C31H36N4O4S/c1-5-18-39-22-13-10-12-21(19-22)26-25(28(37)30(38)34(26)17-11-16-33(6-2)7-3)27(36)29-20(4)35-24-15-9-8-14-23(24)32-31(35)40-29/h8-10,12-15,19,26,37H,5-7,11,16-18H2,1-4H3. The topological polar surface area (TPSA) is 87.4 Å². The summed E-state index contributed by atoms with van der Waals surface area (Å²) in [5, 5.41) is 11.2. The molecule has 1 amide bonds. The number of carbonyl (C=O) groups excluding carboxylic acids is 2. The van der Waals surface area contributed by atoms with Crippen molar-refractivity contribution >= 4 is 39.0 Å². The Hall–Kier alpha value is -3.69. The van der Waals surface area contributed by atoms with Gasteiger partial charge in [-0.1, -0.05) is 56.4 Å². The molecule has 4 aromatic rings. The Kier molecular flexibility index (Phi) is 8.23. The number of hydrogen-bond acceptors (Lipinski definition) is 7. The number of benzene rings is 2. The summed E-state index contributed by atoms with van der Waals surface area (Å²) in [6.07, 6.45) is 1.59. The van der Waals surface area contributed by atoms with E-state index in [0.717, 1.165) is 54.8 Å². The minimum atomic E-state index is -0.715. The minimum absolute atomic E-state index is 0.109. The molecule has 5 rings (SSSR count). The smallest absolute Gasteiger partial charge is 0.290 e. The first-order chi connectivity index (χ1) is 19.4. The maximum absolute atomic E-state index is 14.2. The van der Waals surface area contributed by atoms with Crippen LogP contribution in [0.25, 0.3) is 16.0 Å². The number of thiazole rings is 1. The van der Waals surface area contributed by atoms with Crippen LogP contribution in [0.15, 0.2) is 59.9 Å². The predicted molar refractivity (Wildman–Crippen MR) is 158 cm³/mol. The average Bonchev–Trinajstić information content (AvgIpc) is 3.58. The Labute approximate surface area is 238 Å². The Balaban J connectivity index is 1.55. The number of amides is 1. The highest BCUT2D eigenvalue weighted by Crippen LogP contribution is 2.41. The molecule has 1 aliphatic rings. The van der Waals surface area contributed by atoms with Gasteiger partial charge in [-0.3, -0.25) is 14.0 Å². The van der Waals surface area contributed by atoms with E-state index in [0.29, 0.717) is 28.7 Å². The third-order valence-electron chi connectivity index (χ3n) is 7.56. The molecule has 1 aliphatic heterocycles. The van der Waals surface area contributed by atoms with Crippen LogP contribution in [0.3, 0.4) is 0 Å². The van der Waals surface area contributed by atoms with Crippen LogP contribution in [0.5, 0.6) is 5.75 Å². The zero-order chi connectivity index (χ0) is 28.4. The molecular weight excluding hydrogens is 524 g/mol. The number of Topliss-reactive ketones (excluding diaryl/α,β-unsaturated/α-hetero) is 1. The molecule has 8 nitrogen and oxygen atoms in total. The Morgan fingerprint density at radius 2 is 1.90 bits per heavy atom. The lowest BCUT2D eigenvalue weighted by Crippen LogP contribution is -2.34. The quantitative estimate of drug-likeness (QED) is 0.215. The van der Waals surface area contributed by atoms with E-state index in [-0.39, 0.29) is 11.4 Å². The van der Waals surface area contributed by atoms with Gasteiger partial charge >= 0.3 is 0 Å². The molecule has 0 bridgehead atoms. The number of hydrogen-bond donors (Lipinski definition) is 1. The Morgan fingerprint density at radius 3 is 2.65 bits per heavy atom. The number of ketones is 1. The van der Waals surface area contributed by atoms with E-state index < -0.39 is 17.7 Å². The summed E-state index contributed by atoms with van der Waals surface area (Å²) in [5.41, 5.74) is 3.36. The predicted octanol–water partition coefficient (Wildman–Crippen LogP) is 5.96. The van der Waals surface area contributed by atoms with Gasteiger partial charge < -0.3 is 19.6 Å². The van der Waals surface area contributed by atoms with Crippen molar-refractivity contribution in [2.24, 2.45) is 0 Å². The molecule has 9 heteroatoms. The van der Waals surface area contributed by atoms with Crippen LogP contribution in [-0.2, 0) is 4.79 Å². The highest BCUT2D eigenvalue weighted by atomic mass is 32.1. The molecule has 0 radical (unpaired) electrons. The molecule has 210 valence electrons. The Morgan fingerprint density at radius 1 is 1.12 bits per heavy atom. The molecule has 0 saturated carbocycles. The normalized spacial score (nSPS) is 15.8. The number of rotatable bonds is 12. The van der Waals surface area contributed by atoms with Crippen LogP contribution in [-0.4, -0.2) is 68.8 Å². The summed E-state index contributed by atoms with van der Waals surface area (Å²) in [6.45, 7) is 11.8. The van der Waals surface area contributed by atoms with E-state index in [2.05, 4.69) is 18.7 Å². The number of imidazole rings is 1. The van der Waals surface area contributed by atoms with Gasteiger partial charge in [-0.25, -0.2) is 4.98 Å². The SMILES string of the molecule is CCCOc1cccc(C2C(C(=O)c3sc4nc5ccccc5n4c3C)=C(O)C(=O)N2CCCN(CC)CC)c1. The van der Waals surface area contributed by atoms with Crippen molar-refractivity contribution in [1.29, 1.82) is 0 Å². The van der Waals surface area contributed by atoms with Crippen LogP contribution in [0.4, 0.5) is 0 Å². The number of ether oxygens (including phenoxy) is 1. The van der Waals surface area contributed by atoms with Crippen molar-refractivity contribution in [3.8, 4) is 5.75 Å². The first kappa shape index (κ1) is 27.9. The fraction of sp³-hybridized carbons (Fsp3) is 0.387. The summed E-state index contributed by atoms with van der Waals surface area (Å²) in [4.78, 5) is 37.5. The van der Waals surface area contributed by atoms with E-state index in [4.69, 9.17) is 9.72 Å². The number of nitrogens with zero attached hydrogens (tertiary/aromatic N) is 4. The average molecular weight is 561 g/mol. The van der Waals surface area contributed by atoms with Gasteiger partial charge in [0.25, 0.3) is 5.91 Å². The summed E-state index contributed by atoms with van der Waals surface area (Å²) in [5.74, 6) is -0.672. The maximum atomic E-state index is 14.2. The second-order valence-electron chi connectivity index (χ2n) is 10.0. The minimum Gasteiger partial charge on any atom is -0.503 e. The molecule has 1 atom stereocenters. The van der Waals surface area contributed by atoms with E-state index in [1.54, 1.807) is 4.90 Å². The molecule has 40 heavy (non-hydrogen) atoms. The van der Waals surface area contributed by atoms with Gasteiger partial charge in [-0.2, -0.15) is 0 Å². The number of aromatic nitrogens is 2. The van der Waals surface area contributed by atoms with Crippen molar-refractivity contribution in [2.75, 3.05) is 32.8 Å². The van der Waals surface area contributed by atoms with E-state index in [1.807, 2.05) is 66.8 Å². The molecular formula is C31H36N4O4S. The molecule has 2 aromatic carbocycles. The van der Waals surface area contributed by atoms with Gasteiger partial charge in [0.15, 0.2) is 10.7 Å². The first-order valence-electron chi connectivity index (χ1n) is 14.0. The monoisotopic (exact) mass is 560 g/mol. The molecule has 0 spiro atoms. The summed E-state index contributed by atoms with van der Waals surface area (Å²) < 4.78 is 7.84. The summed E-state index contributed by atoms with van der Waals surface area (Å²) >= 11 is 1.28. The zero-order valence-corrected chi connectivity index (χ0v) is 24.3. The lowest BCUT2D eigenvalue weighted by atomic mass is 9.94. The van der Waals surface area contributed by atoms with Crippen molar-refractivity contribution in [3.63, 3.8) is 0 Å². The van der Waals surface area contributed by atoms with Gasteiger partial charge in [-0.05, 0) is 69.2 Å². The van der Waals surface area contributed by atoms with Gasteiger partial charge in [-0.15, -0.1) is 0 Å². The number of aryl methyl sites for hydroxylation is 1. The van der Waals surface area contributed by atoms with E-state index in [9.17, 15) is 14.7 Å². The van der Waals surface area contributed by atoms with Crippen LogP contribution < -0.4 is 4.74 Å². The third-order valence-corrected chi connectivity index (χ3v) is 8.70. The number of para-hydroxylation sites is 2. The van der Waals surface area contributed by atoms with Crippen LogP contribution >= 0.6 is 11.3 Å². The third kappa shape index (κ3) is 4.99. The lowest BCUT2D eigenvalue weighted by Gasteiger charge is -2.28. The number of fused-ring (bicyclic) bond motifs is 3. The summed E-state index contributed by atoms with van der Waals surface area (Å²) in [7, 11) is 0. The van der Waals surface area contributed by atoms with Crippen molar-refractivity contribution in [2.45, 2.75) is 46.6 Å². The maximum Gasteiger partial charge on any atom is 0.290 e. The van der Waals surface area contributed by atoms with Gasteiger partial charge in [0, 0.05) is 12.2 Å².